The number of carbonyl (C=O) groups is 3. The number of hydrogen-bond acceptors (Lipinski definition) is 6. The molecular formula is C22H30N2O6. The van der Waals surface area contributed by atoms with Gasteiger partial charge in [-0.15, -0.1) is 0 Å². The van der Waals surface area contributed by atoms with Gasteiger partial charge in [-0.25, -0.2) is 4.79 Å². The molecular weight excluding hydrogens is 388 g/mol. The van der Waals surface area contributed by atoms with Crippen molar-refractivity contribution in [1.29, 1.82) is 0 Å². The molecule has 0 saturated carbocycles. The van der Waals surface area contributed by atoms with Gasteiger partial charge in [0.1, 0.15) is 12.1 Å². The zero-order valence-corrected chi connectivity index (χ0v) is 17.5. The van der Waals surface area contributed by atoms with E-state index in [0.717, 1.165) is 5.56 Å². The first-order valence-corrected chi connectivity index (χ1v) is 10.6. The summed E-state index contributed by atoms with van der Waals surface area (Å²) in [7, 11) is 0. The summed E-state index contributed by atoms with van der Waals surface area (Å²) in [4.78, 5) is 38.8. The van der Waals surface area contributed by atoms with E-state index in [-0.39, 0.29) is 24.7 Å². The Morgan fingerprint density at radius 3 is 2.70 bits per heavy atom. The minimum absolute atomic E-state index is 0.229. The van der Waals surface area contributed by atoms with Crippen molar-refractivity contribution in [3.05, 3.63) is 35.9 Å². The van der Waals surface area contributed by atoms with E-state index < -0.39 is 30.1 Å². The van der Waals surface area contributed by atoms with Gasteiger partial charge in [-0.3, -0.25) is 14.9 Å². The van der Waals surface area contributed by atoms with E-state index in [1.807, 2.05) is 30.3 Å². The lowest BCUT2D eigenvalue weighted by atomic mass is 10.0. The molecule has 2 aliphatic rings. The van der Waals surface area contributed by atoms with Crippen molar-refractivity contribution in [3.8, 4) is 0 Å². The van der Waals surface area contributed by atoms with Crippen molar-refractivity contribution < 1.29 is 29.0 Å². The molecule has 0 radical (unpaired) electrons. The van der Waals surface area contributed by atoms with Gasteiger partial charge in [0.15, 0.2) is 0 Å². The number of carboxylic acids is 1. The number of benzene rings is 1. The molecule has 2 N–H and O–H groups in total. The van der Waals surface area contributed by atoms with Crippen LogP contribution in [0.4, 0.5) is 0 Å². The number of rotatable bonds is 9. The molecule has 5 atom stereocenters. The molecule has 0 spiro atoms. The smallest absolute Gasteiger partial charge is 0.326 e. The molecule has 2 saturated heterocycles. The first-order chi connectivity index (χ1) is 14.4. The van der Waals surface area contributed by atoms with Crippen molar-refractivity contribution in [2.75, 3.05) is 13.2 Å². The van der Waals surface area contributed by atoms with Gasteiger partial charge in [0.25, 0.3) is 0 Å². The fourth-order valence-corrected chi connectivity index (χ4v) is 4.35. The minimum atomic E-state index is -1.03. The second kappa shape index (κ2) is 10.0. The standard InChI is InChI=1S/C22H30N2O6/c1-3-29-22(28)16(10-9-15-7-5-4-6-8-15)23-14(2)20(25)24-17-11-12-30-19(17)13-18(24)21(26)27/h4-8,14,16-19,23H,3,9-13H2,1-2H3,(H,26,27)/t14?,16-,17?,18-,19?/m0/s1. The summed E-state index contributed by atoms with van der Waals surface area (Å²) < 4.78 is 10.8. The molecule has 8 nitrogen and oxygen atoms in total. The molecule has 0 bridgehead atoms. The van der Waals surface area contributed by atoms with E-state index in [1.54, 1.807) is 13.8 Å². The molecule has 8 heteroatoms. The fourth-order valence-electron chi connectivity index (χ4n) is 4.35. The first kappa shape index (κ1) is 22.2. The third-order valence-corrected chi connectivity index (χ3v) is 5.82. The summed E-state index contributed by atoms with van der Waals surface area (Å²) in [5.41, 5.74) is 1.09. The highest BCUT2D eigenvalue weighted by Gasteiger charge is 2.50. The van der Waals surface area contributed by atoms with Gasteiger partial charge >= 0.3 is 11.9 Å². The Hall–Kier alpha value is -2.45. The van der Waals surface area contributed by atoms with E-state index >= 15 is 0 Å². The van der Waals surface area contributed by atoms with Gasteiger partial charge in [-0.05, 0) is 38.7 Å². The van der Waals surface area contributed by atoms with Gasteiger partial charge in [-0.2, -0.15) is 0 Å². The van der Waals surface area contributed by atoms with Crippen LogP contribution in [0.15, 0.2) is 30.3 Å². The summed E-state index contributed by atoms with van der Waals surface area (Å²) >= 11 is 0. The highest BCUT2D eigenvalue weighted by atomic mass is 16.5. The lowest BCUT2D eigenvalue weighted by molar-refractivity contribution is -0.151. The van der Waals surface area contributed by atoms with E-state index in [2.05, 4.69) is 5.32 Å². The Bertz CT molecular complexity index is 755. The van der Waals surface area contributed by atoms with Gasteiger partial charge in [0.05, 0.1) is 24.8 Å². The number of amides is 1. The number of nitrogens with zero attached hydrogens (tertiary/aromatic N) is 1. The largest absolute Gasteiger partial charge is 0.480 e. The minimum Gasteiger partial charge on any atom is -0.480 e. The van der Waals surface area contributed by atoms with Crippen LogP contribution < -0.4 is 5.32 Å². The molecule has 3 unspecified atom stereocenters. The summed E-state index contributed by atoms with van der Waals surface area (Å²) in [6, 6.07) is 7.26. The van der Waals surface area contributed by atoms with Crippen LogP contribution in [0.1, 0.15) is 38.7 Å². The molecule has 30 heavy (non-hydrogen) atoms. The molecule has 1 aromatic carbocycles. The molecule has 1 amide bonds. The number of aryl methyl sites for hydroxylation is 1. The van der Waals surface area contributed by atoms with Crippen LogP contribution in [0.5, 0.6) is 0 Å². The highest BCUT2D eigenvalue weighted by molar-refractivity contribution is 5.88. The monoisotopic (exact) mass is 418 g/mol. The quantitative estimate of drug-likeness (QED) is 0.584. The lowest BCUT2D eigenvalue weighted by Crippen LogP contribution is -2.55. The predicted octanol–water partition coefficient (Wildman–Crippen LogP) is 1.37. The molecule has 0 aliphatic carbocycles. The molecule has 2 heterocycles. The average Bonchev–Trinajstić information content (AvgIpc) is 3.32. The third-order valence-electron chi connectivity index (χ3n) is 5.82. The highest BCUT2D eigenvalue weighted by Crippen LogP contribution is 2.34. The number of esters is 1. The maximum absolute atomic E-state index is 13.2. The van der Waals surface area contributed by atoms with Gasteiger partial charge in [-0.1, -0.05) is 30.3 Å². The summed E-state index contributed by atoms with van der Waals surface area (Å²) in [6.45, 7) is 4.18. The van der Waals surface area contributed by atoms with E-state index in [0.29, 0.717) is 32.3 Å². The Labute approximate surface area is 176 Å². The van der Waals surface area contributed by atoms with E-state index in [4.69, 9.17) is 9.47 Å². The molecule has 1 aromatic rings. The topological polar surface area (TPSA) is 105 Å². The Morgan fingerprint density at radius 1 is 1.30 bits per heavy atom. The van der Waals surface area contributed by atoms with Crippen LogP contribution in [-0.4, -0.2) is 71.3 Å². The average molecular weight is 418 g/mol. The summed E-state index contributed by atoms with van der Waals surface area (Å²) in [6.07, 6.45) is 1.81. The van der Waals surface area contributed by atoms with Crippen LogP contribution >= 0.6 is 0 Å². The second-order valence-electron chi connectivity index (χ2n) is 7.82. The Balaban J connectivity index is 1.68. The third kappa shape index (κ3) is 4.99. The predicted molar refractivity (Wildman–Crippen MR) is 109 cm³/mol. The SMILES string of the molecule is CCOC(=O)[C@H](CCc1ccccc1)NC(C)C(=O)N1C2CCOC2C[C@H]1C(=O)O. The van der Waals surface area contributed by atoms with Crippen LogP contribution in [-0.2, 0) is 30.3 Å². The number of hydrogen-bond donors (Lipinski definition) is 2. The van der Waals surface area contributed by atoms with Crippen LogP contribution in [0.25, 0.3) is 0 Å². The van der Waals surface area contributed by atoms with Crippen LogP contribution in [0.3, 0.4) is 0 Å². The Morgan fingerprint density at radius 2 is 2.03 bits per heavy atom. The van der Waals surface area contributed by atoms with Crippen molar-refractivity contribution >= 4 is 17.8 Å². The zero-order valence-electron chi connectivity index (χ0n) is 17.5. The van der Waals surface area contributed by atoms with Crippen LogP contribution in [0.2, 0.25) is 0 Å². The van der Waals surface area contributed by atoms with Crippen molar-refractivity contribution in [2.24, 2.45) is 0 Å². The first-order valence-electron chi connectivity index (χ1n) is 10.6. The molecule has 2 fully saturated rings. The zero-order chi connectivity index (χ0) is 21.7. The molecule has 164 valence electrons. The number of aliphatic carboxylic acids is 1. The van der Waals surface area contributed by atoms with Crippen LogP contribution in [0, 0.1) is 0 Å². The number of likely N-dealkylation sites (tertiary alicyclic amines) is 1. The van der Waals surface area contributed by atoms with Gasteiger partial charge in [0, 0.05) is 13.0 Å². The molecule has 0 aromatic heterocycles. The number of carbonyl (C=O) groups excluding carboxylic acids is 2. The van der Waals surface area contributed by atoms with Crippen molar-refractivity contribution in [2.45, 2.75) is 69.8 Å². The molecule has 3 rings (SSSR count). The summed E-state index contributed by atoms with van der Waals surface area (Å²) in [5, 5.41) is 12.7. The normalized spacial score (nSPS) is 24.9. The van der Waals surface area contributed by atoms with Crippen molar-refractivity contribution in [3.63, 3.8) is 0 Å². The number of ether oxygens (including phenoxy) is 2. The van der Waals surface area contributed by atoms with E-state index in [9.17, 15) is 19.5 Å². The second-order valence-corrected chi connectivity index (χ2v) is 7.82. The van der Waals surface area contributed by atoms with Gasteiger partial charge in [0.2, 0.25) is 5.91 Å². The number of carboxylic acid groups (broad SMARTS) is 1. The maximum atomic E-state index is 13.2. The summed E-state index contributed by atoms with van der Waals surface area (Å²) in [5.74, 6) is -1.76. The lowest BCUT2D eigenvalue weighted by Gasteiger charge is -2.31. The Kier molecular flexibility index (Phi) is 7.44. The fraction of sp³-hybridized carbons (Fsp3) is 0.591. The number of fused-ring (bicyclic) bond motifs is 1. The van der Waals surface area contributed by atoms with Crippen molar-refractivity contribution in [1.82, 2.24) is 10.2 Å². The van der Waals surface area contributed by atoms with Gasteiger partial charge < -0.3 is 19.5 Å². The number of nitrogens with one attached hydrogen (secondary N) is 1. The maximum Gasteiger partial charge on any atom is 0.326 e. The van der Waals surface area contributed by atoms with E-state index in [1.165, 1.54) is 4.90 Å². The molecule has 2 aliphatic heterocycles.